The lowest BCUT2D eigenvalue weighted by atomic mass is 9.75. The van der Waals surface area contributed by atoms with Crippen molar-refractivity contribution in [2.75, 3.05) is 26.2 Å². The maximum Gasteiger partial charge on any atom is 0.0220 e. The summed E-state index contributed by atoms with van der Waals surface area (Å²) in [6, 6.07) is 0.668. The van der Waals surface area contributed by atoms with Crippen LogP contribution in [-0.4, -0.2) is 37.1 Å². The molecule has 0 bridgehead atoms. The third kappa shape index (κ3) is 5.43. The van der Waals surface area contributed by atoms with Gasteiger partial charge in [-0.1, -0.05) is 48.0 Å². The molecule has 114 valence electrons. The van der Waals surface area contributed by atoms with Crippen molar-refractivity contribution in [2.45, 2.75) is 66.8 Å². The van der Waals surface area contributed by atoms with Gasteiger partial charge in [0, 0.05) is 12.6 Å². The summed E-state index contributed by atoms with van der Waals surface area (Å²) in [6.45, 7) is 19.0. The van der Waals surface area contributed by atoms with E-state index >= 15 is 0 Å². The Morgan fingerprint density at radius 2 is 1.74 bits per heavy atom. The average molecular weight is 268 g/mol. The molecule has 0 amide bonds. The largest absolute Gasteiger partial charge is 0.313 e. The lowest BCUT2D eigenvalue weighted by Gasteiger charge is -2.40. The van der Waals surface area contributed by atoms with Gasteiger partial charge in [-0.05, 0) is 49.7 Å². The fraction of sp³-hybridized carbons (Fsp3) is 1.00. The molecule has 1 rings (SSSR count). The number of likely N-dealkylation sites (N-methyl/N-ethyl adjacent to an activating group) is 1. The lowest BCUT2D eigenvalue weighted by molar-refractivity contribution is 0.0990. The van der Waals surface area contributed by atoms with Gasteiger partial charge in [0.2, 0.25) is 0 Å². The standard InChI is InChI=1S/C17H36N2/c1-7-14(3)16(18-8-2)13-19-11-9-15(10-12-19)17(4,5)6/h14-16,18H,7-13H2,1-6H3. The van der Waals surface area contributed by atoms with Crippen molar-refractivity contribution < 1.29 is 0 Å². The van der Waals surface area contributed by atoms with Crippen molar-refractivity contribution >= 4 is 0 Å². The monoisotopic (exact) mass is 268 g/mol. The average Bonchev–Trinajstić information content (AvgIpc) is 2.37. The molecule has 0 aromatic carbocycles. The first-order chi connectivity index (χ1) is 8.88. The van der Waals surface area contributed by atoms with Crippen LogP contribution in [0.25, 0.3) is 0 Å². The highest BCUT2D eigenvalue weighted by Crippen LogP contribution is 2.34. The maximum atomic E-state index is 3.68. The summed E-state index contributed by atoms with van der Waals surface area (Å²) < 4.78 is 0. The second kappa shape index (κ2) is 7.64. The van der Waals surface area contributed by atoms with Crippen LogP contribution in [0.4, 0.5) is 0 Å². The van der Waals surface area contributed by atoms with Crippen LogP contribution in [0, 0.1) is 17.3 Å². The first-order valence-corrected chi connectivity index (χ1v) is 8.34. The molecule has 2 unspecified atom stereocenters. The first-order valence-electron chi connectivity index (χ1n) is 8.34. The number of hydrogen-bond acceptors (Lipinski definition) is 2. The Hall–Kier alpha value is -0.0800. The predicted molar refractivity (Wildman–Crippen MR) is 85.5 cm³/mol. The Morgan fingerprint density at radius 3 is 2.16 bits per heavy atom. The normalized spacial score (nSPS) is 22.4. The number of hydrogen-bond donors (Lipinski definition) is 1. The molecule has 1 saturated heterocycles. The molecule has 2 heteroatoms. The fourth-order valence-corrected chi connectivity index (χ4v) is 3.25. The molecule has 2 atom stereocenters. The summed E-state index contributed by atoms with van der Waals surface area (Å²) in [6.07, 6.45) is 4.03. The maximum absolute atomic E-state index is 3.68. The van der Waals surface area contributed by atoms with Crippen LogP contribution < -0.4 is 5.32 Å². The Balaban J connectivity index is 2.42. The van der Waals surface area contributed by atoms with E-state index in [9.17, 15) is 0 Å². The molecule has 0 saturated carbocycles. The van der Waals surface area contributed by atoms with E-state index < -0.39 is 0 Å². The van der Waals surface area contributed by atoms with Gasteiger partial charge in [0.25, 0.3) is 0 Å². The summed E-state index contributed by atoms with van der Waals surface area (Å²) in [5, 5.41) is 3.68. The van der Waals surface area contributed by atoms with E-state index in [1.54, 1.807) is 0 Å². The van der Waals surface area contributed by atoms with E-state index in [1.807, 2.05) is 0 Å². The second-order valence-corrected chi connectivity index (χ2v) is 7.49. The third-order valence-corrected chi connectivity index (χ3v) is 5.06. The van der Waals surface area contributed by atoms with Crippen LogP contribution in [0.3, 0.4) is 0 Å². The molecule has 0 aromatic heterocycles. The summed E-state index contributed by atoms with van der Waals surface area (Å²) in [5.74, 6) is 1.69. The van der Waals surface area contributed by atoms with Gasteiger partial charge in [-0.15, -0.1) is 0 Å². The quantitative estimate of drug-likeness (QED) is 0.789. The van der Waals surface area contributed by atoms with Gasteiger partial charge in [0.15, 0.2) is 0 Å². The summed E-state index contributed by atoms with van der Waals surface area (Å²) in [4.78, 5) is 2.68. The number of nitrogens with one attached hydrogen (secondary N) is 1. The van der Waals surface area contributed by atoms with Gasteiger partial charge in [-0.2, -0.15) is 0 Å². The van der Waals surface area contributed by atoms with Crippen LogP contribution in [0.15, 0.2) is 0 Å². The fourth-order valence-electron chi connectivity index (χ4n) is 3.25. The highest BCUT2D eigenvalue weighted by Gasteiger charge is 2.29. The minimum atomic E-state index is 0.490. The first kappa shape index (κ1) is 17.0. The number of nitrogens with zero attached hydrogens (tertiary/aromatic N) is 1. The van der Waals surface area contributed by atoms with E-state index in [2.05, 4.69) is 51.8 Å². The molecule has 0 radical (unpaired) electrons. The molecule has 1 aliphatic rings. The van der Waals surface area contributed by atoms with Crippen LogP contribution in [-0.2, 0) is 0 Å². The summed E-state index contributed by atoms with van der Waals surface area (Å²) in [5.41, 5.74) is 0.490. The Morgan fingerprint density at radius 1 is 1.16 bits per heavy atom. The Labute approximate surface area is 121 Å². The zero-order valence-corrected chi connectivity index (χ0v) is 14.1. The van der Waals surface area contributed by atoms with Gasteiger partial charge in [0.05, 0.1) is 0 Å². The number of rotatable bonds is 6. The third-order valence-electron chi connectivity index (χ3n) is 5.06. The molecule has 1 fully saturated rings. The Kier molecular flexibility index (Phi) is 6.82. The predicted octanol–water partition coefficient (Wildman–Crippen LogP) is 3.77. The van der Waals surface area contributed by atoms with Crippen molar-refractivity contribution in [3.05, 3.63) is 0 Å². The molecular formula is C17H36N2. The molecule has 0 aliphatic carbocycles. The highest BCUT2D eigenvalue weighted by molar-refractivity contribution is 4.83. The van der Waals surface area contributed by atoms with E-state index in [1.165, 1.54) is 38.9 Å². The molecular weight excluding hydrogens is 232 g/mol. The van der Waals surface area contributed by atoms with E-state index in [-0.39, 0.29) is 0 Å². The van der Waals surface area contributed by atoms with Gasteiger partial charge in [-0.25, -0.2) is 0 Å². The van der Waals surface area contributed by atoms with Crippen molar-refractivity contribution in [1.29, 1.82) is 0 Å². The topological polar surface area (TPSA) is 15.3 Å². The lowest BCUT2D eigenvalue weighted by Crippen LogP contribution is -2.48. The van der Waals surface area contributed by atoms with Crippen LogP contribution >= 0.6 is 0 Å². The van der Waals surface area contributed by atoms with Crippen LogP contribution in [0.1, 0.15) is 60.8 Å². The molecule has 2 nitrogen and oxygen atoms in total. The molecule has 0 spiro atoms. The molecule has 0 aromatic rings. The zero-order valence-electron chi connectivity index (χ0n) is 14.1. The molecule has 1 aliphatic heterocycles. The van der Waals surface area contributed by atoms with E-state index in [4.69, 9.17) is 0 Å². The van der Waals surface area contributed by atoms with Crippen molar-refractivity contribution in [3.63, 3.8) is 0 Å². The Bertz CT molecular complexity index is 236. The van der Waals surface area contributed by atoms with Gasteiger partial charge in [-0.3, -0.25) is 0 Å². The minimum absolute atomic E-state index is 0.490. The SMILES string of the molecule is CCNC(CN1CCC(C(C)(C)C)CC1)C(C)CC. The summed E-state index contributed by atoms with van der Waals surface area (Å²) in [7, 11) is 0. The minimum Gasteiger partial charge on any atom is -0.313 e. The van der Waals surface area contributed by atoms with Gasteiger partial charge < -0.3 is 10.2 Å². The smallest absolute Gasteiger partial charge is 0.0220 e. The van der Waals surface area contributed by atoms with Crippen LogP contribution in [0.5, 0.6) is 0 Å². The molecule has 1 N–H and O–H groups in total. The zero-order chi connectivity index (χ0) is 14.5. The second-order valence-electron chi connectivity index (χ2n) is 7.49. The van der Waals surface area contributed by atoms with Crippen molar-refractivity contribution in [3.8, 4) is 0 Å². The van der Waals surface area contributed by atoms with Crippen molar-refractivity contribution in [1.82, 2.24) is 10.2 Å². The van der Waals surface area contributed by atoms with Crippen LogP contribution in [0.2, 0.25) is 0 Å². The van der Waals surface area contributed by atoms with Crippen molar-refractivity contribution in [2.24, 2.45) is 17.3 Å². The van der Waals surface area contributed by atoms with Gasteiger partial charge >= 0.3 is 0 Å². The summed E-state index contributed by atoms with van der Waals surface area (Å²) >= 11 is 0. The van der Waals surface area contributed by atoms with E-state index in [0.29, 0.717) is 11.5 Å². The van der Waals surface area contributed by atoms with Gasteiger partial charge in [0.1, 0.15) is 0 Å². The number of likely N-dealkylation sites (tertiary alicyclic amines) is 1. The number of piperidine rings is 1. The molecule has 1 heterocycles. The molecule has 19 heavy (non-hydrogen) atoms. The van der Waals surface area contributed by atoms with E-state index in [0.717, 1.165) is 18.4 Å². The highest BCUT2D eigenvalue weighted by atomic mass is 15.2.